The van der Waals surface area contributed by atoms with E-state index in [2.05, 4.69) is 15.1 Å². The van der Waals surface area contributed by atoms with Gasteiger partial charge < -0.3 is 9.63 Å². The van der Waals surface area contributed by atoms with Crippen LogP contribution in [0.4, 0.5) is 0 Å². The Hall–Kier alpha value is -2.24. The van der Waals surface area contributed by atoms with E-state index in [1.54, 1.807) is 12.4 Å². The van der Waals surface area contributed by atoms with Crippen molar-refractivity contribution in [2.24, 2.45) is 5.41 Å². The van der Waals surface area contributed by atoms with Crippen LogP contribution in [-0.4, -0.2) is 26.2 Å². The van der Waals surface area contributed by atoms with Gasteiger partial charge >= 0.3 is 5.97 Å². The zero-order chi connectivity index (χ0) is 14.9. The summed E-state index contributed by atoms with van der Waals surface area (Å²) in [6.07, 6.45) is 6.92. The third-order valence-corrected chi connectivity index (χ3v) is 4.25. The summed E-state index contributed by atoms with van der Waals surface area (Å²) in [6.45, 7) is 1.95. The highest BCUT2D eigenvalue weighted by Crippen LogP contribution is 2.41. The predicted molar refractivity (Wildman–Crippen MR) is 74.5 cm³/mol. The number of carboxylic acid groups (broad SMARTS) is 1. The SMILES string of the molecule is Cc1ccncc1-c1noc(CC2(C(=O)O)CCCC2)n1. The Bertz CT molecular complexity index is 660. The van der Waals surface area contributed by atoms with Gasteiger partial charge in [0.2, 0.25) is 11.7 Å². The fraction of sp³-hybridized carbons (Fsp3) is 0.467. The molecule has 1 saturated carbocycles. The van der Waals surface area contributed by atoms with Crippen LogP contribution in [0.5, 0.6) is 0 Å². The molecule has 0 radical (unpaired) electrons. The first kappa shape index (κ1) is 13.7. The first-order valence-corrected chi connectivity index (χ1v) is 7.08. The molecule has 1 fully saturated rings. The molecule has 2 heterocycles. The summed E-state index contributed by atoms with van der Waals surface area (Å²) in [6, 6.07) is 1.88. The number of nitrogens with zero attached hydrogens (tertiary/aromatic N) is 3. The van der Waals surface area contributed by atoms with Crippen molar-refractivity contribution in [1.29, 1.82) is 0 Å². The monoisotopic (exact) mass is 287 g/mol. The van der Waals surface area contributed by atoms with E-state index in [0.29, 0.717) is 31.0 Å². The van der Waals surface area contributed by atoms with E-state index in [9.17, 15) is 9.90 Å². The van der Waals surface area contributed by atoms with Crippen molar-refractivity contribution in [2.45, 2.75) is 39.0 Å². The van der Waals surface area contributed by atoms with E-state index < -0.39 is 11.4 Å². The quantitative estimate of drug-likeness (QED) is 0.929. The van der Waals surface area contributed by atoms with Gasteiger partial charge in [0.25, 0.3) is 0 Å². The van der Waals surface area contributed by atoms with Crippen molar-refractivity contribution in [1.82, 2.24) is 15.1 Å². The number of aryl methyl sites for hydroxylation is 1. The summed E-state index contributed by atoms with van der Waals surface area (Å²) in [5.41, 5.74) is 1.07. The minimum absolute atomic E-state index is 0.300. The molecule has 110 valence electrons. The van der Waals surface area contributed by atoms with Crippen LogP contribution in [-0.2, 0) is 11.2 Å². The highest BCUT2D eigenvalue weighted by Gasteiger charge is 2.42. The number of carboxylic acids is 1. The van der Waals surface area contributed by atoms with Gasteiger partial charge in [-0.15, -0.1) is 0 Å². The second-order valence-corrected chi connectivity index (χ2v) is 5.67. The van der Waals surface area contributed by atoms with Crippen LogP contribution < -0.4 is 0 Å². The average molecular weight is 287 g/mol. The van der Waals surface area contributed by atoms with Gasteiger partial charge in [0.1, 0.15) is 0 Å². The van der Waals surface area contributed by atoms with Gasteiger partial charge in [0, 0.05) is 24.4 Å². The van der Waals surface area contributed by atoms with Gasteiger partial charge in [0.15, 0.2) is 0 Å². The summed E-state index contributed by atoms with van der Waals surface area (Å²) in [5.74, 6) is 0.0870. The highest BCUT2D eigenvalue weighted by molar-refractivity contribution is 5.75. The molecule has 0 aromatic carbocycles. The van der Waals surface area contributed by atoms with Gasteiger partial charge in [0.05, 0.1) is 5.41 Å². The van der Waals surface area contributed by atoms with Gasteiger partial charge in [-0.2, -0.15) is 4.98 Å². The lowest BCUT2D eigenvalue weighted by Crippen LogP contribution is -2.30. The highest BCUT2D eigenvalue weighted by atomic mass is 16.5. The minimum atomic E-state index is -0.766. The molecule has 6 nitrogen and oxygen atoms in total. The van der Waals surface area contributed by atoms with E-state index in [1.807, 2.05) is 13.0 Å². The maximum Gasteiger partial charge on any atom is 0.310 e. The third-order valence-electron chi connectivity index (χ3n) is 4.25. The molecular formula is C15H17N3O3. The number of hydrogen-bond acceptors (Lipinski definition) is 5. The molecule has 21 heavy (non-hydrogen) atoms. The number of rotatable bonds is 4. The molecule has 2 aromatic rings. The zero-order valence-corrected chi connectivity index (χ0v) is 11.9. The Balaban J connectivity index is 1.86. The molecule has 0 unspecified atom stereocenters. The molecule has 0 spiro atoms. The van der Waals surface area contributed by atoms with Crippen molar-refractivity contribution in [3.8, 4) is 11.4 Å². The largest absolute Gasteiger partial charge is 0.481 e. The van der Waals surface area contributed by atoms with Gasteiger partial charge in [-0.3, -0.25) is 9.78 Å². The maximum atomic E-state index is 11.6. The minimum Gasteiger partial charge on any atom is -0.481 e. The van der Waals surface area contributed by atoms with Gasteiger partial charge in [-0.1, -0.05) is 18.0 Å². The van der Waals surface area contributed by atoms with Crippen molar-refractivity contribution in [2.75, 3.05) is 0 Å². The molecule has 0 saturated heterocycles. The molecule has 0 atom stereocenters. The van der Waals surface area contributed by atoms with Crippen LogP contribution in [0.2, 0.25) is 0 Å². The van der Waals surface area contributed by atoms with Crippen LogP contribution in [0.15, 0.2) is 23.0 Å². The van der Waals surface area contributed by atoms with E-state index >= 15 is 0 Å². The number of aromatic nitrogens is 3. The molecule has 3 rings (SSSR count). The first-order valence-electron chi connectivity index (χ1n) is 7.08. The standard InChI is InChI=1S/C15H17N3O3/c1-10-4-7-16-9-11(10)13-17-12(21-18-13)8-15(14(19)20)5-2-3-6-15/h4,7,9H,2-3,5-6,8H2,1H3,(H,19,20). The van der Waals surface area contributed by atoms with E-state index in [4.69, 9.17) is 4.52 Å². The lowest BCUT2D eigenvalue weighted by Gasteiger charge is -2.21. The molecular weight excluding hydrogens is 270 g/mol. The molecule has 1 N–H and O–H groups in total. The van der Waals surface area contributed by atoms with Crippen LogP contribution in [0, 0.1) is 12.3 Å². The second kappa shape index (κ2) is 5.27. The smallest absolute Gasteiger partial charge is 0.310 e. The van der Waals surface area contributed by atoms with Crippen LogP contribution in [0.25, 0.3) is 11.4 Å². The van der Waals surface area contributed by atoms with Crippen molar-refractivity contribution in [3.05, 3.63) is 29.9 Å². The molecule has 1 aliphatic rings. The summed E-state index contributed by atoms with van der Waals surface area (Å²) in [7, 11) is 0. The third kappa shape index (κ3) is 2.53. The van der Waals surface area contributed by atoms with E-state index in [-0.39, 0.29) is 0 Å². The topological polar surface area (TPSA) is 89.1 Å². The Morgan fingerprint density at radius 3 is 2.86 bits per heavy atom. The van der Waals surface area contributed by atoms with Crippen LogP contribution >= 0.6 is 0 Å². The molecule has 0 bridgehead atoms. The Labute approximate surface area is 122 Å². The molecule has 6 heteroatoms. The molecule has 0 aliphatic heterocycles. The fourth-order valence-electron chi connectivity index (χ4n) is 2.94. The summed E-state index contributed by atoms with van der Waals surface area (Å²) in [4.78, 5) is 20.0. The number of pyridine rings is 1. The maximum absolute atomic E-state index is 11.6. The number of carbonyl (C=O) groups is 1. The normalized spacial score (nSPS) is 17.0. The number of aliphatic carboxylic acids is 1. The Morgan fingerprint density at radius 1 is 1.43 bits per heavy atom. The van der Waals surface area contributed by atoms with Gasteiger partial charge in [-0.05, 0) is 31.4 Å². The summed E-state index contributed by atoms with van der Waals surface area (Å²) < 4.78 is 5.26. The molecule has 0 amide bonds. The first-order chi connectivity index (χ1) is 10.1. The lowest BCUT2D eigenvalue weighted by atomic mass is 9.83. The Kier molecular flexibility index (Phi) is 3.45. The summed E-state index contributed by atoms with van der Waals surface area (Å²) >= 11 is 0. The van der Waals surface area contributed by atoms with Crippen molar-refractivity contribution < 1.29 is 14.4 Å². The fourth-order valence-corrected chi connectivity index (χ4v) is 2.94. The van der Waals surface area contributed by atoms with E-state index in [1.165, 1.54) is 0 Å². The summed E-state index contributed by atoms with van der Waals surface area (Å²) in [5, 5.41) is 13.5. The average Bonchev–Trinajstić information content (AvgIpc) is 3.10. The number of hydrogen-bond donors (Lipinski definition) is 1. The Morgan fingerprint density at radius 2 is 2.19 bits per heavy atom. The van der Waals surface area contributed by atoms with Crippen molar-refractivity contribution >= 4 is 5.97 Å². The zero-order valence-electron chi connectivity index (χ0n) is 11.9. The predicted octanol–water partition coefficient (Wildman–Crippen LogP) is 2.63. The van der Waals surface area contributed by atoms with Crippen LogP contribution in [0.1, 0.15) is 37.1 Å². The van der Waals surface area contributed by atoms with Gasteiger partial charge in [-0.25, -0.2) is 0 Å². The van der Waals surface area contributed by atoms with Crippen molar-refractivity contribution in [3.63, 3.8) is 0 Å². The van der Waals surface area contributed by atoms with E-state index in [0.717, 1.165) is 24.0 Å². The second-order valence-electron chi connectivity index (χ2n) is 5.67. The molecule has 2 aromatic heterocycles. The lowest BCUT2D eigenvalue weighted by molar-refractivity contribution is -0.148. The molecule has 1 aliphatic carbocycles. The van der Waals surface area contributed by atoms with Crippen LogP contribution in [0.3, 0.4) is 0 Å².